The molecule has 0 amide bonds. The molecule has 0 fully saturated rings. The maximum Gasteiger partial charge on any atom is 0.179 e. The van der Waals surface area contributed by atoms with Gasteiger partial charge in [0.2, 0.25) is 0 Å². The first-order valence-corrected chi connectivity index (χ1v) is 30.7. The topological polar surface area (TPSA) is 19.7 Å². The fourth-order valence-electron chi connectivity index (χ4n) is 14.2. The van der Waals surface area contributed by atoms with E-state index in [-0.39, 0.29) is 0 Å². The summed E-state index contributed by atoms with van der Waals surface area (Å²) in [6, 6.07) is 118. The lowest BCUT2D eigenvalue weighted by molar-refractivity contribution is 1.13. The van der Waals surface area contributed by atoms with Gasteiger partial charge in [-0.15, -0.1) is 0 Å². The molecular formula is C78H52N4Si. The molecule has 0 saturated carbocycles. The van der Waals surface area contributed by atoms with Gasteiger partial charge in [0.05, 0.1) is 44.1 Å². The van der Waals surface area contributed by atoms with Gasteiger partial charge in [0.1, 0.15) is 0 Å². The highest BCUT2D eigenvalue weighted by atomic mass is 28.3. The molecule has 13 aromatic carbocycles. The first kappa shape index (κ1) is 47.1. The Balaban J connectivity index is 0.893. The summed E-state index contributed by atoms with van der Waals surface area (Å²) in [4.78, 5) is 0. The van der Waals surface area contributed by atoms with Gasteiger partial charge in [-0.1, -0.05) is 231 Å². The van der Waals surface area contributed by atoms with E-state index in [1.165, 1.54) is 85.9 Å². The number of benzene rings is 13. The summed E-state index contributed by atoms with van der Waals surface area (Å²) in [5.74, 6) is 0. The molecule has 4 nitrogen and oxygen atoms in total. The van der Waals surface area contributed by atoms with Crippen LogP contribution in [-0.2, 0) is 0 Å². The third-order valence-corrected chi connectivity index (χ3v) is 22.4. The first-order chi connectivity index (χ1) is 41.2. The average Bonchev–Trinajstić information content (AvgIpc) is 4.47. The maximum atomic E-state index is 2.53. The molecule has 0 radical (unpaired) electrons. The smallest absolute Gasteiger partial charge is 0.179 e. The second-order valence-electron chi connectivity index (χ2n) is 22.0. The van der Waals surface area contributed by atoms with Crippen molar-refractivity contribution in [3.05, 3.63) is 315 Å². The molecule has 388 valence electrons. The van der Waals surface area contributed by atoms with Crippen molar-refractivity contribution in [2.45, 2.75) is 0 Å². The maximum absolute atomic E-state index is 2.84. The molecule has 0 N–H and O–H groups in total. The van der Waals surface area contributed by atoms with Crippen LogP contribution < -0.4 is 20.7 Å². The minimum absolute atomic E-state index is 1.09. The molecule has 0 aliphatic heterocycles. The lowest BCUT2D eigenvalue weighted by atomic mass is 10.0. The minimum Gasteiger partial charge on any atom is -0.309 e. The summed E-state index contributed by atoms with van der Waals surface area (Å²) >= 11 is 0. The molecule has 0 atom stereocenters. The van der Waals surface area contributed by atoms with Crippen LogP contribution in [0.2, 0.25) is 0 Å². The Kier molecular flexibility index (Phi) is 10.6. The molecule has 0 bridgehead atoms. The van der Waals surface area contributed by atoms with E-state index in [9.17, 15) is 0 Å². The SMILES string of the molecule is c1ccc(-c2cc(-n3c4ccccc4c4cc(-n5c6ccccc6c6ccc([Si](c7ccccc7)(c7ccccc7)c7ccccc7)cc65)ccc43)cc(-n3c4ccccc4c4ccc(-n5c6ccccc6c6ccccc65)cc43)c2)cc1. The van der Waals surface area contributed by atoms with Crippen LogP contribution in [0.25, 0.3) is 121 Å². The van der Waals surface area contributed by atoms with Crippen molar-refractivity contribution in [2.24, 2.45) is 0 Å². The molecule has 83 heavy (non-hydrogen) atoms. The molecule has 5 heteroatoms. The van der Waals surface area contributed by atoms with Gasteiger partial charge in [0, 0.05) is 65.8 Å². The largest absolute Gasteiger partial charge is 0.309 e. The van der Waals surface area contributed by atoms with Crippen LogP contribution in [0.5, 0.6) is 0 Å². The second-order valence-corrected chi connectivity index (χ2v) is 25.8. The van der Waals surface area contributed by atoms with Crippen molar-refractivity contribution in [1.82, 2.24) is 18.3 Å². The van der Waals surface area contributed by atoms with Gasteiger partial charge in [0.25, 0.3) is 0 Å². The van der Waals surface area contributed by atoms with E-state index < -0.39 is 8.07 Å². The summed E-state index contributed by atoms with van der Waals surface area (Å²) in [6.07, 6.45) is 0. The third-order valence-electron chi connectivity index (χ3n) is 17.7. The Morgan fingerprint density at radius 2 is 0.494 bits per heavy atom. The zero-order valence-electron chi connectivity index (χ0n) is 45.3. The molecule has 0 aliphatic rings. The Hall–Kier alpha value is -10.7. The number of aromatic nitrogens is 4. The third kappa shape index (κ3) is 7.11. The fourth-order valence-corrected chi connectivity index (χ4v) is 18.9. The molecule has 17 rings (SSSR count). The number of nitrogens with zero attached hydrogens (tertiary/aromatic N) is 4. The fraction of sp³-hybridized carbons (Fsp3) is 0. The van der Waals surface area contributed by atoms with Gasteiger partial charge in [-0.25, -0.2) is 0 Å². The zero-order valence-corrected chi connectivity index (χ0v) is 46.3. The van der Waals surface area contributed by atoms with Crippen LogP contribution >= 0.6 is 0 Å². The number of para-hydroxylation sites is 5. The molecular weight excluding hydrogens is 1020 g/mol. The number of hydrogen-bond donors (Lipinski definition) is 0. The van der Waals surface area contributed by atoms with Crippen molar-refractivity contribution in [2.75, 3.05) is 0 Å². The van der Waals surface area contributed by atoms with Crippen molar-refractivity contribution < 1.29 is 0 Å². The molecule has 0 unspecified atom stereocenters. The molecule has 4 aromatic heterocycles. The van der Waals surface area contributed by atoms with E-state index in [0.717, 1.165) is 55.9 Å². The summed E-state index contributed by atoms with van der Waals surface area (Å²) in [7, 11) is -2.84. The lowest BCUT2D eigenvalue weighted by Crippen LogP contribution is -2.74. The van der Waals surface area contributed by atoms with Crippen LogP contribution in [0, 0.1) is 0 Å². The van der Waals surface area contributed by atoms with Gasteiger partial charge in [0.15, 0.2) is 8.07 Å². The predicted octanol–water partition coefficient (Wildman–Crippen LogP) is 17.1. The Morgan fingerprint density at radius 3 is 0.976 bits per heavy atom. The van der Waals surface area contributed by atoms with Crippen molar-refractivity contribution in [3.8, 4) is 33.9 Å². The first-order valence-electron chi connectivity index (χ1n) is 28.7. The van der Waals surface area contributed by atoms with Crippen LogP contribution in [0.4, 0.5) is 0 Å². The molecule has 4 heterocycles. The second kappa shape index (κ2) is 18.7. The summed E-state index contributed by atoms with van der Waals surface area (Å²) in [5, 5.41) is 15.2. The van der Waals surface area contributed by atoms with Crippen molar-refractivity contribution in [3.63, 3.8) is 0 Å². The number of rotatable bonds is 9. The van der Waals surface area contributed by atoms with Gasteiger partial charge < -0.3 is 18.3 Å². The van der Waals surface area contributed by atoms with Gasteiger partial charge >= 0.3 is 0 Å². The molecule has 0 spiro atoms. The zero-order chi connectivity index (χ0) is 54.6. The van der Waals surface area contributed by atoms with Crippen LogP contribution in [-0.4, -0.2) is 26.3 Å². The molecule has 17 aromatic rings. The monoisotopic (exact) mass is 1070 g/mol. The van der Waals surface area contributed by atoms with E-state index in [0.29, 0.717) is 0 Å². The predicted molar refractivity (Wildman–Crippen MR) is 353 cm³/mol. The highest BCUT2D eigenvalue weighted by molar-refractivity contribution is 7.20. The highest BCUT2D eigenvalue weighted by Crippen LogP contribution is 2.41. The van der Waals surface area contributed by atoms with Crippen LogP contribution in [0.1, 0.15) is 0 Å². The highest BCUT2D eigenvalue weighted by Gasteiger charge is 2.41. The van der Waals surface area contributed by atoms with Gasteiger partial charge in [-0.05, 0) is 117 Å². The summed E-state index contributed by atoms with van der Waals surface area (Å²) in [6.45, 7) is 0. The average molecular weight is 1070 g/mol. The van der Waals surface area contributed by atoms with Gasteiger partial charge in [-0.2, -0.15) is 0 Å². The minimum atomic E-state index is -2.84. The van der Waals surface area contributed by atoms with E-state index in [2.05, 4.69) is 334 Å². The number of fused-ring (bicyclic) bond motifs is 12. The number of hydrogen-bond acceptors (Lipinski definition) is 0. The summed E-state index contributed by atoms with van der Waals surface area (Å²) < 4.78 is 9.93. The standard InChI is InChI=1S/C78H52N4Si/c1-5-23-53(24-6-1)54-47-57(49-58(48-54)82-74-39-21-16-33-65(74)68-44-41-56(51-77(68)82)79-71-36-18-13-31-63(71)64-32-14-19-37-72(64)79)81-75-40-22-17-35-67(75)70-50-55(42-46-76(70)81)80-73-38-20-15-34-66(73)69-45-43-62(52-78(69)80)83(59-25-7-2-8-26-59,60-27-9-3-10-28-60)61-29-11-4-12-30-61/h1-52H. The molecule has 0 saturated heterocycles. The van der Waals surface area contributed by atoms with E-state index in [1.807, 2.05) is 0 Å². The quantitative estimate of drug-likeness (QED) is 0.101. The van der Waals surface area contributed by atoms with E-state index in [1.54, 1.807) is 0 Å². The lowest BCUT2D eigenvalue weighted by Gasteiger charge is -2.34. The van der Waals surface area contributed by atoms with Crippen molar-refractivity contribution >= 4 is 116 Å². The Labute approximate surface area is 480 Å². The van der Waals surface area contributed by atoms with E-state index >= 15 is 0 Å². The normalized spacial score (nSPS) is 12.1. The Bertz CT molecular complexity index is 5230. The van der Waals surface area contributed by atoms with Crippen LogP contribution in [0.15, 0.2) is 315 Å². The van der Waals surface area contributed by atoms with E-state index in [4.69, 9.17) is 0 Å². The Morgan fingerprint density at radius 1 is 0.169 bits per heavy atom. The van der Waals surface area contributed by atoms with Gasteiger partial charge in [-0.3, -0.25) is 0 Å². The van der Waals surface area contributed by atoms with Crippen molar-refractivity contribution in [1.29, 1.82) is 0 Å². The summed E-state index contributed by atoms with van der Waals surface area (Å²) in [5.41, 5.74) is 16.1. The molecule has 0 aliphatic carbocycles. The van der Waals surface area contributed by atoms with Crippen LogP contribution in [0.3, 0.4) is 0 Å².